The minimum Gasteiger partial charge on any atom is -0.458 e. The van der Waals surface area contributed by atoms with E-state index in [9.17, 15) is 29.1 Å². The van der Waals surface area contributed by atoms with E-state index in [1.54, 1.807) is 51.1 Å². The topological polar surface area (TPSA) is 155 Å². The molecule has 7 atom stereocenters. The van der Waals surface area contributed by atoms with E-state index in [1.807, 2.05) is 26.3 Å². The first kappa shape index (κ1) is 35.5. The van der Waals surface area contributed by atoms with Gasteiger partial charge < -0.3 is 29.4 Å². The average molecular weight is 662 g/mol. The van der Waals surface area contributed by atoms with Crippen LogP contribution in [-0.4, -0.2) is 71.3 Å². The monoisotopic (exact) mass is 661 g/mol. The third-order valence-electron chi connectivity index (χ3n) is 10.1. The van der Waals surface area contributed by atoms with Crippen molar-refractivity contribution in [2.24, 2.45) is 11.3 Å². The summed E-state index contributed by atoms with van der Waals surface area (Å²) in [6.45, 7) is 11.4. The van der Waals surface area contributed by atoms with Crippen molar-refractivity contribution < 1.29 is 48.0 Å². The molecule has 2 bridgehead atoms. The number of hydrogen-bond acceptors (Lipinski definition) is 10. The summed E-state index contributed by atoms with van der Waals surface area (Å²) in [4.78, 5) is 65.7. The summed E-state index contributed by atoms with van der Waals surface area (Å²) in [7, 11) is 0. The Kier molecular flexibility index (Phi) is 10.0. The maximum Gasteiger partial charge on any atom is 0.312 e. The number of hydrogen-bond donors (Lipinski definition) is 2. The van der Waals surface area contributed by atoms with Crippen molar-refractivity contribution in [2.75, 3.05) is 6.61 Å². The van der Waals surface area contributed by atoms with Crippen molar-refractivity contribution in [1.29, 1.82) is 0 Å². The number of Topliss-reactive ketones (excluding diaryl/α,β-unsaturated/α-hetero) is 1. The summed E-state index contributed by atoms with van der Waals surface area (Å²) in [5.74, 6) is -2.97. The van der Waals surface area contributed by atoms with Crippen molar-refractivity contribution in [3.63, 3.8) is 0 Å². The third-order valence-corrected chi connectivity index (χ3v) is 10.1. The highest BCUT2D eigenvalue weighted by Crippen LogP contribution is 2.59. The highest BCUT2D eigenvalue weighted by atomic mass is 16.6. The molecule has 2 N–H and O–H groups in total. The molecule has 1 unspecified atom stereocenters. The predicted molar refractivity (Wildman–Crippen MR) is 172 cm³/mol. The van der Waals surface area contributed by atoms with Crippen LogP contribution in [0.15, 0.2) is 53.1 Å². The van der Waals surface area contributed by atoms with Gasteiger partial charge in [0.25, 0.3) is 0 Å². The SMILES string of the molecule is CC=C(C)C(=O)N[C@H]([CH]C(=O)O[C@H]1C[C]2[CH]C3[C](C(=O)[C@H](OC(C)=O)C(=C1C)C2(C)C)[C@@H](O)C[C@H]1OC[C@@]31OC(C)=O)c1ccccc1. The van der Waals surface area contributed by atoms with Crippen LogP contribution in [0.5, 0.6) is 0 Å². The van der Waals surface area contributed by atoms with Gasteiger partial charge in [-0.1, -0.05) is 50.3 Å². The number of nitrogens with one attached hydrogen (secondary N) is 1. The highest BCUT2D eigenvalue weighted by molar-refractivity contribution is 6.01. The van der Waals surface area contributed by atoms with E-state index in [1.165, 1.54) is 20.3 Å². The molecular weight excluding hydrogens is 618 g/mol. The number of ketones is 1. The number of carbonyl (C=O) groups is 5. The van der Waals surface area contributed by atoms with Gasteiger partial charge in [-0.2, -0.15) is 0 Å². The molecule has 0 aromatic heterocycles. The van der Waals surface area contributed by atoms with Gasteiger partial charge >= 0.3 is 17.9 Å². The normalized spacial score (nSPS) is 30.8. The third kappa shape index (κ3) is 6.46. The number of allylic oxidation sites excluding steroid dienone is 1. The molecule has 1 amide bonds. The lowest BCUT2D eigenvalue weighted by Gasteiger charge is -2.60. The molecule has 1 heterocycles. The van der Waals surface area contributed by atoms with Gasteiger partial charge in [-0.15, -0.1) is 0 Å². The number of rotatable bonds is 8. The van der Waals surface area contributed by atoms with Crippen LogP contribution in [-0.2, 0) is 42.9 Å². The second-order valence-corrected chi connectivity index (χ2v) is 13.4. The zero-order valence-corrected chi connectivity index (χ0v) is 28.3. The smallest absolute Gasteiger partial charge is 0.312 e. The van der Waals surface area contributed by atoms with E-state index in [0.717, 1.165) is 5.92 Å². The maximum absolute atomic E-state index is 14.5. The van der Waals surface area contributed by atoms with E-state index in [0.29, 0.717) is 22.3 Å². The van der Waals surface area contributed by atoms with Gasteiger partial charge in [-0.05, 0) is 61.7 Å². The van der Waals surface area contributed by atoms with Crippen molar-refractivity contribution in [3.05, 3.63) is 83.4 Å². The van der Waals surface area contributed by atoms with Crippen molar-refractivity contribution in [3.8, 4) is 0 Å². The molecule has 1 aromatic rings. The Balaban J connectivity index is 1.51. The zero-order chi connectivity index (χ0) is 35.1. The minimum atomic E-state index is -1.43. The molecule has 2 saturated carbocycles. The van der Waals surface area contributed by atoms with Crippen LogP contribution >= 0.6 is 0 Å². The van der Waals surface area contributed by atoms with Crippen LogP contribution in [0.3, 0.4) is 0 Å². The molecule has 4 radical (unpaired) electrons. The Morgan fingerprint density at radius 2 is 1.75 bits per heavy atom. The molecule has 11 nitrogen and oxygen atoms in total. The molecule has 3 fully saturated rings. The number of aliphatic hydroxyl groups is 1. The summed E-state index contributed by atoms with van der Waals surface area (Å²) >= 11 is 0. The number of benzene rings is 1. The zero-order valence-electron chi connectivity index (χ0n) is 28.3. The highest BCUT2D eigenvalue weighted by Gasteiger charge is 2.68. The second kappa shape index (κ2) is 13.6. The number of carbonyl (C=O) groups excluding carboxylic acids is 5. The lowest BCUT2D eigenvalue weighted by molar-refractivity contribution is -0.285. The molecular formula is C37H43NO10. The number of aliphatic hydroxyl groups excluding tert-OH is 1. The number of esters is 3. The Bertz CT molecular complexity index is 1530. The van der Waals surface area contributed by atoms with Crippen LogP contribution in [0.2, 0.25) is 0 Å². The van der Waals surface area contributed by atoms with Crippen molar-refractivity contribution >= 4 is 29.6 Å². The Morgan fingerprint density at radius 1 is 1.06 bits per heavy atom. The molecule has 1 saturated heterocycles. The molecule has 256 valence electrons. The predicted octanol–water partition coefficient (Wildman–Crippen LogP) is 3.62. The van der Waals surface area contributed by atoms with Gasteiger partial charge in [-0.3, -0.25) is 24.0 Å². The molecule has 11 heteroatoms. The van der Waals surface area contributed by atoms with Crippen LogP contribution in [0.25, 0.3) is 0 Å². The Labute approximate surface area is 281 Å². The van der Waals surface area contributed by atoms with Crippen LogP contribution in [0.1, 0.15) is 72.9 Å². The number of fused-ring (bicyclic) bond motifs is 5. The molecule has 0 spiro atoms. The molecule has 1 aliphatic heterocycles. The van der Waals surface area contributed by atoms with E-state index >= 15 is 0 Å². The van der Waals surface area contributed by atoms with Crippen molar-refractivity contribution in [2.45, 2.75) is 97.4 Å². The van der Waals surface area contributed by atoms with E-state index in [4.69, 9.17) is 18.9 Å². The fourth-order valence-corrected chi connectivity index (χ4v) is 7.43. The fourth-order valence-electron chi connectivity index (χ4n) is 7.43. The first-order valence-electron chi connectivity index (χ1n) is 16.1. The number of ether oxygens (including phenoxy) is 4. The first-order valence-corrected chi connectivity index (χ1v) is 16.1. The molecule has 5 rings (SSSR count). The lowest BCUT2D eigenvalue weighted by atomic mass is 9.52. The van der Waals surface area contributed by atoms with E-state index in [-0.39, 0.29) is 31.3 Å². The fraction of sp³-hybridized carbons (Fsp3) is 0.486. The van der Waals surface area contributed by atoms with Crippen LogP contribution in [0.4, 0.5) is 0 Å². The number of amides is 1. The van der Waals surface area contributed by atoms with Crippen LogP contribution < -0.4 is 5.32 Å². The van der Waals surface area contributed by atoms with Gasteiger partial charge in [0.2, 0.25) is 5.91 Å². The van der Waals surface area contributed by atoms with Gasteiger partial charge in [0.05, 0.1) is 31.1 Å². The summed E-state index contributed by atoms with van der Waals surface area (Å²) < 4.78 is 23.4. The Hall–Kier alpha value is -3.83. The summed E-state index contributed by atoms with van der Waals surface area (Å²) in [6.07, 6.45) is 0.876. The summed E-state index contributed by atoms with van der Waals surface area (Å²) in [6, 6.07) is 8.21. The lowest BCUT2D eigenvalue weighted by Crippen LogP contribution is -2.72. The minimum absolute atomic E-state index is 0.0161. The second-order valence-electron chi connectivity index (χ2n) is 13.4. The average Bonchev–Trinajstić information content (AvgIpc) is 3.01. The first-order chi connectivity index (χ1) is 22.6. The molecule has 1 aromatic carbocycles. The molecule has 3 aliphatic carbocycles. The van der Waals surface area contributed by atoms with Gasteiger partial charge in [0, 0.05) is 31.8 Å². The van der Waals surface area contributed by atoms with E-state index < -0.39 is 71.1 Å². The van der Waals surface area contributed by atoms with E-state index in [2.05, 4.69) is 5.32 Å². The quantitative estimate of drug-likeness (QED) is 0.183. The van der Waals surface area contributed by atoms with Gasteiger partial charge in [0.1, 0.15) is 12.2 Å². The van der Waals surface area contributed by atoms with Crippen LogP contribution in [0, 0.1) is 36.0 Å². The van der Waals surface area contributed by atoms with Crippen molar-refractivity contribution in [1.82, 2.24) is 5.32 Å². The van der Waals surface area contributed by atoms with Gasteiger partial charge in [-0.25, -0.2) is 0 Å². The summed E-state index contributed by atoms with van der Waals surface area (Å²) in [5.41, 5.74) is 0.0405. The summed E-state index contributed by atoms with van der Waals surface area (Å²) in [5, 5.41) is 14.1. The Morgan fingerprint density at radius 3 is 2.33 bits per heavy atom. The standard InChI is InChI=1S/C37H43NO10/c1-8-19(2)35(44)38-26(23-12-10-9-11-13-23)16-30(42)47-28-15-24-14-25-31(27(41)17-29-37(25,18-45-29)48-22(5)40)33(43)34(46-21(4)39)32(20(28)3)36(24,6)7/h8-14,16,25-29,34,41H,15,17-18H2,1-7H3,(H,38,44)/t25?,26-,27+,28+,29-,34-,37-/m1/s1. The maximum atomic E-state index is 14.5. The van der Waals surface area contributed by atoms with Gasteiger partial charge in [0.15, 0.2) is 17.5 Å². The molecule has 4 aliphatic rings. The molecule has 48 heavy (non-hydrogen) atoms. The largest absolute Gasteiger partial charge is 0.458 e.